The Morgan fingerprint density at radius 3 is 2.49 bits per heavy atom. The number of anilines is 1. The molecule has 1 amide bonds. The number of ether oxygens (including phenoxy) is 1. The van der Waals surface area contributed by atoms with Crippen LogP contribution < -0.4 is 4.72 Å². The van der Waals surface area contributed by atoms with Gasteiger partial charge < -0.3 is 14.7 Å². The highest BCUT2D eigenvalue weighted by Gasteiger charge is 2.31. The number of aliphatic hydroxyl groups is 1. The van der Waals surface area contributed by atoms with Gasteiger partial charge in [-0.3, -0.25) is 9.62 Å². The number of nitrogens with one attached hydrogen (secondary N) is 1. The highest BCUT2D eigenvalue weighted by Crippen LogP contribution is 2.29. The molecule has 0 saturated carbocycles. The van der Waals surface area contributed by atoms with Crippen LogP contribution in [0.1, 0.15) is 29.2 Å². The van der Waals surface area contributed by atoms with Crippen molar-refractivity contribution in [3.05, 3.63) is 106 Å². The first-order chi connectivity index (χ1) is 20.8. The summed E-state index contributed by atoms with van der Waals surface area (Å²) in [5.41, 5.74) is 6.10. The van der Waals surface area contributed by atoms with Crippen molar-refractivity contribution < 1.29 is 14.6 Å². The second-order valence-corrected chi connectivity index (χ2v) is 12.0. The molecule has 0 aliphatic carbocycles. The van der Waals surface area contributed by atoms with Crippen LogP contribution in [0.25, 0.3) is 11.3 Å². The zero-order valence-electron chi connectivity index (χ0n) is 24.5. The fraction of sp³-hybridized carbons (Fsp3) is 0.303. The summed E-state index contributed by atoms with van der Waals surface area (Å²) in [4.78, 5) is 26.7. The topological polar surface area (TPSA) is 90.8 Å². The average molecular weight is 618 g/mol. The summed E-state index contributed by atoms with van der Waals surface area (Å²) in [5, 5.41) is 11.3. The van der Waals surface area contributed by atoms with Crippen molar-refractivity contribution in [1.82, 2.24) is 19.8 Å². The smallest absolute Gasteiger partial charge is 0.410 e. The van der Waals surface area contributed by atoms with Gasteiger partial charge in [-0.1, -0.05) is 72.3 Å². The first-order valence-corrected chi connectivity index (χ1v) is 15.5. The van der Waals surface area contributed by atoms with Gasteiger partial charge in [0.2, 0.25) is 5.95 Å². The number of β-amino-alcohol motifs (C(OH)–C–C–N with tert-alkyl or cyclic N) is 1. The van der Waals surface area contributed by atoms with E-state index >= 15 is 0 Å². The molecule has 0 spiro atoms. The zero-order valence-corrected chi connectivity index (χ0v) is 26.1. The quantitative estimate of drug-likeness (QED) is 0.166. The molecule has 1 saturated heterocycles. The predicted molar refractivity (Wildman–Crippen MR) is 172 cm³/mol. The Morgan fingerprint density at radius 2 is 1.72 bits per heavy atom. The van der Waals surface area contributed by atoms with Crippen LogP contribution in [-0.2, 0) is 17.9 Å². The molecule has 1 fully saturated rings. The van der Waals surface area contributed by atoms with Gasteiger partial charge in [0.05, 0.1) is 18.3 Å². The Labute approximate surface area is 262 Å². The zero-order chi connectivity index (χ0) is 30.3. The molecule has 1 aliphatic rings. The molecular formula is C33H36ClN5O3S. The molecule has 0 bridgehead atoms. The Bertz CT molecular complexity index is 1540. The highest BCUT2D eigenvalue weighted by atomic mass is 35.5. The highest BCUT2D eigenvalue weighted by molar-refractivity contribution is 8.00. The number of carbonyl (C=O) groups excluding carboxylic acids is 1. The van der Waals surface area contributed by atoms with Crippen molar-refractivity contribution in [1.29, 1.82) is 0 Å². The minimum atomic E-state index is -0.697. The van der Waals surface area contributed by atoms with Crippen molar-refractivity contribution in [3.63, 3.8) is 0 Å². The maximum Gasteiger partial charge on any atom is 0.410 e. The molecule has 43 heavy (non-hydrogen) atoms. The molecule has 2 heterocycles. The fourth-order valence-corrected chi connectivity index (χ4v) is 6.06. The van der Waals surface area contributed by atoms with Crippen LogP contribution in [0.3, 0.4) is 0 Å². The van der Waals surface area contributed by atoms with Gasteiger partial charge in [-0.2, -0.15) is 0 Å². The number of aliphatic hydroxyl groups excluding tert-OH is 1. The molecule has 2 atom stereocenters. The molecule has 224 valence electrons. The van der Waals surface area contributed by atoms with Crippen LogP contribution in [-0.4, -0.2) is 62.7 Å². The van der Waals surface area contributed by atoms with E-state index in [4.69, 9.17) is 21.3 Å². The molecule has 2 N–H and O–H groups in total. The fourth-order valence-electron chi connectivity index (χ4n) is 5.22. The van der Waals surface area contributed by atoms with E-state index in [-0.39, 0.29) is 19.2 Å². The summed E-state index contributed by atoms with van der Waals surface area (Å²) < 4.78 is 8.77. The summed E-state index contributed by atoms with van der Waals surface area (Å²) in [6.07, 6.45) is -1.11. The van der Waals surface area contributed by atoms with E-state index in [0.29, 0.717) is 30.7 Å². The van der Waals surface area contributed by atoms with Gasteiger partial charge in [0.15, 0.2) is 0 Å². The average Bonchev–Trinajstić information content (AvgIpc) is 3.13. The number of carbonyl (C=O) groups is 1. The molecular weight excluding hydrogens is 582 g/mol. The van der Waals surface area contributed by atoms with Crippen molar-refractivity contribution in [2.75, 3.05) is 24.4 Å². The van der Waals surface area contributed by atoms with Crippen LogP contribution >= 0.6 is 23.5 Å². The van der Waals surface area contributed by atoms with E-state index < -0.39 is 12.2 Å². The van der Waals surface area contributed by atoms with Crippen molar-refractivity contribution in [2.45, 2.75) is 51.0 Å². The first kappa shape index (κ1) is 30.8. The molecule has 1 aliphatic heterocycles. The second kappa shape index (κ2) is 14.2. The number of halogens is 1. The number of amides is 1. The van der Waals surface area contributed by atoms with Crippen molar-refractivity contribution in [2.24, 2.45) is 0 Å². The third-order valence-corrected chi connectivity index (χ3v) is 8.61. The van der Waals surface area contributed by atoms with E-state index in [2.05, 4.69) is 52.7 Å². The van der Waals surface area contributed by atoms with E-state index in [0.717, 1.165) is 38.4 Å². The lowest BCUT2D eigenvalue weighted by atomic mass is 10.00. The van der Waals surface area contributed by atoms with Crippen LogP contribution in [0.4, 0.5) is 10.7 Å². The number of aromatic nitrogens is 2. The molecule has 0 radical (unpaired) electrons. The van der Waals surface area contributed by atoms with Gasteiger partial charge in [0.1, 0.15) is 11.8 Å². The largest absolute Gasteiger partial charge is 0.445 e. The van der Waals surface area contributed by atoms with Crippen molar-refractivity contribution >= 4 is 35.6 Å². The minimum Gasteiger partial charge on any atom is -0.445 e. The third kappa shape index (κ3) is 8.06. The maximum atomic E-state index is 12.8. The SMILES string of the molecule is Cc1cccc(C)c1-c1cc(Cl)nc(NSc2cccc(CN3CCN(C(=O)OCc4ccccc4)CC(O)[C@H]3C)c2)n1. The Hall–Kier alpha value is -3.63. The normalized spacial score (nSPS) is 17.4. The summed E-state index contributed by atoms with van der Waals surface area (Å²) >= 11 is 7.79. The number of aryl methyl sites for hydroxylation is 2. The van der Waals surface area contributed by atoms with E-state index in [1.54, 1.807) is 11.0 Å². The van der Waals surface area contributed by atoms with Crippen LogP contribution in [0.5, 0.6) is 0 Å². The number of benzene rings is 3. The molecule has 1 aromatic heterocycles. The number of hydrogen-bond donors (Lipinski definition) is 2. The Kier molecular flexibility index (Phi) is 10.2. The molecule has 1 unspecified atom stereocenters. The molecule has 8 nitrogen and oxygen atoms in total. The van der Waals surface area contributed by atoms with Crippen LogP contribution in [0.2, 0.25) is 5.15 Å². The number of rotatable bonds is 8. The lowest BCUT2D eigenvalue weighted by Gasteiger charge is -2.29. The molecule has 4 aromatic rings. The Balaban J connectivity index is 1.20. The van der Waals surface area contributed by atoms with Gasteiger partial charge in [-0.25, -0.2) is 14.8 Å². The first-order valence-electron chi connectivity index (χ1n) is 14.3. The van der Waals surface area contributed by atoms with E-state index in [1.165, 1.54) is 11.9 Å². The van der Waals surface area contributed by atoms with Crippen LogP contribution in [0, 0.1) is 13.8 Å². The molecule has 5 rings (SSSR count). The second-order valence-electron chi connectivity index (χ2n) is 10.8. The van der Waals surface area contributed by atoms with Crippen LogP contribution in [0.15, 0.2) is 83.8 Å². The lowest BCUT2D eigenvalue weighted by Crippen LogP contribution is -2.42. The third-order valence-electron chi connectivity index (χ3n) is 7.64. The number of nitrogens with zero attached hydrogens (tertiary/aromatic N) is 4. The standard InChI is InChI=1S/C33H36ClN5O3S/c1-22-9-7-10-23(2)31(22)28-18-30(34)36-32(35-28)37-43-27-14-8-13-26(17-27)19-38-15-16-39(20-29(40)24(38)3)33(41)42-21-25-11-5-4-6-12-25/h4-14,17-18,24,29,40H,15-16,19-21H2,1-3H3,(H,35,36,37)/t24-,29?/m1/s1. The Morgan fingerprint density at radius 1 is 1.00 bits per heavy atom. The molecule has 10 heteroatoms. The van der Waals surface area contributed by atoms with Gasteiger partial charge in [-0.15, -0.1) is 0 Å². The van der Waals surface area contributed by atoms with Gasteiger partial charge in [0, 0.05) is 42.2 Å². The predicted octanol–water partition coefficient (Wildman–Crippen LogP) is 6.74. The lowest BCUT2D eigenvalue weighted by molar-refractivity contribution is 0.0528. The van der Waals surface area contributed by atoms with E-state index in [1.807, 2.05) is 55.5 Å². The molecule has 3 aromatic carbocycles. The van der Waals surface area contributed by atoms with E-state index in [9.17, 15) is 9.90 Å². The minimum absolute atomic E-state index is 0.135. The summed E-state index contributed by atoms with van der Waals surface area (Å²) in [5.74, 6) is 0.434. The summed E-state index contributed by atoms with van der Waals surface area (Å²) in [7, 11) is 0. The summed E-state index contributed by atoms with van der Waals surface area (Å²) in [6.45, 7) is 8.27. The van der Waals surface area contributed by atoms with Gasteiger partial charge in [0.25, 0.3) is 0 Å². The maximum absolute atomic E-state index is 12.8. The van der Waals surface area contributed by atoms with Crippen molar-refractivity contribution in [3.8, 4) is 11.3 Å². The van der Waals surface area contributed by atoms with Gasteiger partial charge >= 0.3 is 6.09 Å². The monoisotopic (exact) mass is 617 g/mol. The van der Waals surface area contributed by atoms with Gasteiger partial charge in [-0.05, 0) is 67.1 Å². The number of hydrogen-bond acceptors (Lipinski definition) is 8. The summed E-state index contributed by atoms with van der Waals surface area (Å²) in [6, 6.07) is 25.6.